The van der Waals surface area contributed by atoms with E-state index in [0.717, 1.165) is 33.3 Å². The summed E-state index contributed by atoms with van der Waals surface area (Å²) in [5.41, 5.74) is 2.16. The van der Waals surface area contributed by atoms with Gasteiger partial charge in [0.05, 0.1) is 35.4 Å². The molecule has 4 heterocycles. The van der Waals surface area contributed by atoms with Crippen LogP contribution in [-0.4, -0.2) is 96.7 Å². The maximum absolute atomic E-state index is 15.0. The Kier molecular flexibility index (Phi) is 14.6. The zero-order valence-corrected chi connectivity index (χ0v) is 41.5. The molecule has 4 aromatic carbocycles. The number of hydrogen-bond acceptors (Lipinski definition) is 11. The zero-order chi connectivity index (χ0) is 51.4. The van der Waals surface area contributed by atoms with Crippen molar-refractivity contribution in [2.75, 3.05) is 41.4 Å². The van der Waals surface area contributed by atoms with Gasteiger partial charge >= 0.3 is 16.0 Å². The number of fused-ring (bicyclic) bond motifs is 4. The fourth-order valence-electron chi connectivity index (χ4n) is 8.68. The van der Waals surface area contributed by atoms with Crippen LogP contribution in [0.2, 0.25) is 0 Å². The van der Waals surface area contributed by atoms with Crippen LogP contribution in [0.15, 0.2) is 36.4 Å². The minimum Gasteiger partial charge on any atom is -0.493 e. The number of nitrogens with zero attached hydrogens (tertiary/aromatic N) is 6. The molecule has 2 aliphatic rings. The van der Waals surface area contributed by atoms with Gasteiger partial charge in [-0.05, 0) is 43.4 Å². The number of carbonyl (C=O) groups excluding carboxylic acids is 2. The van der Waals surface area contributed by atoms with Crippen LogP contribution in [0.25, 0.3) is 22.1 Å². The SMILES string of the molecule is Cc1nc2c(O[C@H]3CCOc4cc(F)cc(F)c43)c(C(C)C)c(C(=O)N(C)C)c(C(C)C)c2n1P(=O)(O)O.Cc1nc2c(O[C@H]3CCOc4cc(F)cc(F)c43)cc(C(=O)N(C)C)cc2n1O[P+](=O)O. The second-order valence-corrected chi connectivity index (χ2v) is 19.7. The summed E-state index contributed by atoms with van der Waals surface area (Å²) in [6.45, 7) is 10.7. The molecule has 8 rings (SSSR count). The molecule has 2 amide bonds. The van der Waals surface area contributed by atoms with Crippen molar-refractivity contribution in [3.05, 3.63) is 105 Å². The standard InChI is InChI=1S/C26H32F2N3O6P.C20H18F2N3O6P/c1-12(2)19-22(26(32)30(6)7)20(13(3)4)25(23-24(19)31(14(5)29-23)38(33,34)35)37-17-8-9-36-18-11-15(27)10-16(28)21(17)18;1-10-23-19-14(25(10)31-32(27)28)6-11(20(26)24(2)3)7-17(19)30-15-4-5-29-16-9-12(21)8-13(22)18(15)16/h10-13,17H,8-9H2,1-7H3,(H2,33,34,35);6-9,15H,4-5H2,1-3H3/p+1/t17-;15-/m00/s1. The second-order valence-electron chi connectivity index (χ2n) is 17.6. The molecule has 0 spiro atoms. The van der Waals surface area contributed by atoms with Crippen molar-refractivity contribution in [3.8, 4) is 23.0 Å². The van der Waals surface area contributed by atoms with Gasteiger partial charge in [0, 0.05) is 81.0 Å². The van der Waals surface area contributed by atoms with Crippen molar-refractivity contribution in [1.29, 1.82) is 0 Å². The van der Waals surface area contributed by atoms with Gasteiger partial charge < -0.3 is 38.5 Å². The van der Waals surface area contributed by atoms with Gasteiger partial charge in [-0.15, -0.1) is 14.2 Å². The van der Waals surface area contributed by atoms with Crippen LogP contribution >= 0.6 is 16.0 Å². The summed E-state index contributed by atoms with van der Waals surface area (Å²) < 4.78 is 111. The van der Waals surface area contributed by atoms with E-state index < -0.39 is 51.5 Å². The average molecular weight is 1020 g/mol. The lowest BCUT2D eigenvalue weighted by Crippen LogP contribution is -2.27. The van der Waals surface area contributed by atoms with Crippen LogP contribution in [0.3, 0.4) is 0 Å². The minimum atomic E-state index is -4.91. The van der Waals surface area contributed by atoms with Gasteiger partial charge in [0.15, 0.2) is 5.75 Å². The van der Waals surface area contributed by atoms with E-state index in [0.29, 0.717) is 11.1 Å². The zero-order valence-electron chi connectivity index (χ0n) is 39.7. The Bertz CT molecular complexity index is 3140. The van der Waals surface area contributed by atoms with E-state index in [1.807, 2.05) is 27.7 Å². The molecule has 70 heavy (non-hydrogen) atoms. The largest absolute Gasteiger partial charge is 0.768 e. The summed E-state index contributed by atoms with van der Waals surface area (Å²) in [7, 11) is -1.61. The highest BCUT2D eigenvalue weighted by Crippen LogP contribution is 2.51. The van der Waals surface area contributed by atoms with Gasteiger partial charge in [0.25, 0.3) is 11.8 Å². The molecule has 0 bridgehead atoms. The molecule has 374 valence electrons. The number of carbonyl (C=O) groups is 2. The van der Waals surface area contributed by atoms with E-state index in [1.165, 1.54) is 28.9 Å². The lowest BCUT2D eigenvalue weighted by atomic mass is 9.85. The molecule has 0 radical (unpaired) electrons. The molecule has 24 heteroatoms. The average Bonchev–Trinajstić information content (AvgIpc) is 3.77. The number of halogens is 4. The monoisotopic (exact) mass is 1020 g/mol. The molecule has 0 aliphatic carbocycles. The van der Waals surface area contributed by atoms with Crippen molar-refractivity contribution >= 4 is 49.9 Å². The Balaban J connectivity index is 0.000000209. The molecule has 2 aromatic heterocycles. The Morgan fingerprint density at radius 3 is 1.77 bits per heavy atom. The Hall–Kier alpha value is -6.31. The lowest BCUT2D eigenvalue weighted by molar-refractivity contribution is 0.0817. The van der Waals surface area contributed by atoms with E-state index in [2.05, 4.69) is 9.97 Å². The Morgan fingerprint density at radius 2 is 1.29 bits per heavy atom. The molecular formula is C46H51F4N6O12P2+. The molecule has 2 aliphatic heterocycles. The number of imidazole rings is 2. The highest BCUT2D eigenvalue weighted by atomic mass is 31.2. The number of aromatic nitrogens is 4. The molecule has 6 aromatic rings. The number of hydrogen-bond donors (Lipinski definition) is 3. The minimum absolute atomic E-state index is 0.0152. The summed E-state index contributed by atoms with van der Waals surface area (Å²) in [5.74, 6) is -3.99. The quantitative estimate of drug-likeness (QED) is 0.0817. The van der Waals surface area contributed by atoms with Crippen LogP contribution in [0.4, 0.5) is 17.6 Å². The van der Waals surface area contributed by atoms with Crippen LogP contribution in [0.5, 0.6) is 23.0 Å². The maximum atomic E-state index is 15.0. The number of rotatable bonds is 11. The van der Waals surface area contributed by atoms with Crippen molar-refractivity contribution in [2.45, 2.75) is 78.4 Å². The van der Waals surface area contributed by atoms with E-state index in [9.17, 15) is 51.0 Å². The summed E-state index contributed by atoms with van der Waals surface area (Å²) in [6.07, 6.45) is -1.28. The number of ether oxygens (including phenoxy) is 4. The van der Waals surface area contributed by atoms with Gasteiger partial charge in [-0.2, -0.15) is 0 Å². The van der Waals surface area contributed by atoms with E-state index in [4.69, 9.17) is 23.6 Å². The number of aryl methyl sites for hydroxylation is 2. The highest BCUT2D eigenvalue weighted by Gasteiger charge is 2.38. The number of benzene rings is 4. The fraction of sp³-hybridized carbons (Fsp3) is 0.391. The van der Waals surface area contributed by atoms with Gasteiger partial charge in [0.1, 0.15) is 80.9 Å². The van der Waals surface area contributed by atoms with Crippen molar-refractivity contribution in [2.24, 2.45) is 0 Å². The second kappa shape index (κ2) is 19.8. The summed E-state index contributed by atoms with van der Waals surface area (Å²) >= 11 is 0. The summed E-state index contributed by atoms with van der Waals surface area (Å²) in [6, 6.07) is 6.57. The molecule has 3 N–H and O–H groups in total. The molecule has 1 unspecified atom stereocenters. The van der Waals surface area contributed by atoms with Gasteiger partial charge in [-0.25, -0.2) is 36.4 Å². The third-order valence-electron chi connectivity index (χ3n) is 11.5. The Labute approximate surface area is 399 Å². The normalized spacial score (nSPS) is 15.7. The van der Waals surface area contributed by atoms with Crippen LogP contribution < -0.4 is 23.6 Å². The number of amides is 2. The first-order valence-corrected chi connectivity index (χ1v) is 24.5. The van der Waals surface area contributed by atoms with Crippen molar-refractivity contribution in [3.63, 3.8) is 0 Å². The van der Waals surface area contributed by atoms with E-state index in [1.54, 1.807) is 35.1 Å². The first-order valence-electron chi connectivity index (χ1n) is 21.8. The molecule has 18 nitrogen and oxygen atoms in total. The van der Waals surface area contributed by atoms with Crippen molar-refractivity contribution in [1.82, 2.24) is 28.8 Å². The molecule has 0 saturated carbocycles. The summed E-state index contributed by atoms with van der Waals surface area (Å²) in [5, 5.41) is 0. The third kappa shape index (κ3) is 9.87. The van der Waals surface area contributed by atoms with Crippen molar-refractivity contribution < 1.29 is 74.5 Å². The van der Waals surface area contributed by atoms with E-state index >= 15 is 0 Å². The van der Waals surface area contributed by atoms with Crippen LogP contribution in [0, 0.1) is 37.1 Å². The first kappa shape index (κ1) is 51.5. The first-order chi connectivity index (χ1) is 32.8. The molecule has 0 fully saturated rings. The summed E-state index contributed by atoms with van der Waals surface area (Å²) in [4.78, 5) is 67.6. The van der Waals surface area contributed by atoms with Gasteiger partial charge in [0.2, 0.25) is 0 Å². The fourth-order valence-corrected chi connectivity index (χ4v) is 9.91. The van der Waals surface area contributed by atoms with Crippen LogP contribution in [0.1, 0.15) is 119 Å². The smallest absolute Gasteiger partial charge is 0.493 e. The maximum Gasteiger partial charge on any atom is 0.768 e. The molecule has 3 atom stereocenters. The molecule has 0 saturated heterocycles. The van der Waals surface area contributed by atoms with Gasteiger partial charge in [-0.3, -0.25) is 9.59 Å². The Morgan fingerprint density at radius 1 is 0.771 bits per heavy atom. The van der Waals surface area contributed by atoms with Gasteiger partial charge in [-0.1, -0.05) is 27.7 Å². The third-order valence-corrected chi connectivity index (χ3v) is 12.8. The predicted octanol–water partition coefficient (Wildman–Crippen LogP) is 8.72. The molecular weight excluding hydrogens is 966 g/mol. The van der Waals surface area contributed by atoms with E-state index in [-0.39, 0.29) is 129 Å². The highest BCUT2D eigenvalue weighted by molar-refractivity contribution is 7.50. The topological polar surface area (TPSA) is 217 Å². The lowest BCUT2D eigenvalue weighted by Gasteiger charge is -2.30. The van der Waals surface area contributed by atoms with Crippen LogP contribution in [-0.2, 0) is 9.13 Å². The predicted molar refractivity (Wildman–Crippen MR) is 247 cm³/mol.